The lowest BCUT2D eigenvalue weighted by molar-refractivity contribution is 0.898. The van der Waals surface area contributed by atoms with Gasteiger partial charge in [-0.3, -0.25) is 0 Å². The van der Waals surface area contributed by atoms with Crippen molar-refractivity contribution in [2.24, 2.45) is 0 Å². The summed E-state index contributed by atoms with van der Waals surface area (Å²) >= 11 is 3.29. The van der Waals surface area contributed by atoms with Gasteiger partial charge in [-0.25, -0.2) is 9.97 Å². The van der Waals surface area contributed by atoms with E-state index >= 15 is 0 Å². The number of hydrogen-bond donors (Lipinski definition) is 2. The first kappa shape index (κ1) is 13.6. The first-order valence-electron chi connectivity index (χ1n) is 5.06. The van der Waals surface area contributed by atoms with Gasteiger partial charge in [-0.2, -0.15) is 0 Å². The molecular weight excluding hydrogens is 280 g/mol. The maximum atomic E-state index is 5.76. The predicted molar refractivity (Wildman–Crippen MR) is 73.0 cm³/mol. The summed E-state index contributed by atoms with van der Waals surface area (Å²) in [6.45, 7) is 0. The Morgan fingerprint density at radius 2 is 1.82 bits per heavy atom. The van der Waals surface area contributed by atoms with E-state index in [0.717, 1.165) is 23.1 Å². The third-order valence-electron chi connectivity index (χ3n) is 2.34. The molecule has 0 aliphatic heterocycles. The number of anilines is 1. The molecule has 1 aromatic heterocycles. The Kier molecular flexibility index (Phi) is 5.06. The zero-order valence-corrected chi connectivity index (χ0v) is 11.0. The van der Waals surface area contributed by atoms with E-state index in [0.29, 0.717) is 5.82 Å². The van der Waals surface area contributed by atoms with Gasteiger partial charge in [0.05, 0.1) is 11.9 Å². The monoisotopic (exact) mass is 294 g/mol. The molecule has 17 heavy (non-hydrogen) atoms. The van der Waals surface area contributed by atoms with Crippen LogP contribution >= 0.6 is 15.9 Å². The fraction of sp³-hybridized carbons (Fsp3) is 0.167. The van der Waals surface area contributed by atoms with Crippen molar-refractivity contribution in [3.63, 3.8) is 0 Å². The molecule has 5 N–H and O–H groups in total. The van der Waals surface area contributed by atoms with Gasteiger partial charge in [0.1, 0.15) is 10.4 Å². The molecule has 0 unspecified atom stereocenters. The van der Waals surface area contributed by atoms with Crippen LogP contribution in [0.25, 0.3) is 0 Å². The molecule has 0 saturated carbocycles. The van der Waals surface area contributed by atoms with E-state index in [1.54, 1.807) is 6.20 Å². The van der Waals surface area contributed by atoms with Crippen molar-refractivity contribution < 1.29 is 0 Å². The van der Waals surface area contributed by atoms with E-state index in [2.05, 4.69) is 38.0 Å². The number of aryl methyl sites for hydroxylation is 2. The molecule has 0 aliphatic rings. The maximum absolute atomic E-state index is 5.76. The van der Waals surface area contributed by atoms with Gasteiger partial charge in [-0.05, 0) is 34.3 Å². The molecule has 0 aliphatic carbocycles. The molecule has 1 heterocycles. The largest absolute Gasteiger partial charge is 0.382 e. The number of halogens is 1. The van der Waals surface area contributed by atoms with Gasteiger partial charge in [0, 0.05) is 0 Å². The molecule has 1 aromatic carbocycles. The van der Waals surface area contributed by atoms with Crippen molar-refractivity contribution in [2.75, 3.05) is 5.73 Å². The fourth-order valence-corrected chi connectivity index (χ4v) is 1.82. The van der Waals surface area contributed by atoms with Gasteiger partial charge in [-0.15, -0.1) is 0 Å². The van der Waals surface area contributed by atoms with E-state index in [4.69, 9.17) is 5.73 Å². The molecule has 0 spiro atoms. The fourth-order valence-electron chi connectivity index (χ4n) is 1.50. The summed E-state index contributed by atoms with van der Waals surface area (Å²) in [6.07, 6.45) is 3.35. The van der Waals surface area contributed by atoms with Crippen LogP contribution in [0.4, 0.5) is 5.82 Å². The van der Waals surface area contributed by atoms with E-state index in [-0.39, 0.29) is 6.15 Å². The first-order valence-corrected chi connectivity index (χ1v) is 5.86. The lowest BCUT2D eigenvalue weighted by Gasteiger charge is -2.04. The molecule has 2 rings (SSSR count). The highest BCUT2D eigenvalue weighted by Crippen LogP contribution is 2.13. The summed E-state index contributed by atoms with van der Waals surface area (Å²) in [6, 6.07) is 10.3. The SMILES string of the molecule is N.Nc1ncc(Br)nc1CCc1ccccc1. The molecular formula is C12H15BrN4. The second-order valence-electron chi connectivity index (χ2n) is 3.51. The number of benzene rings is 1. The molecule has 4 nitrogen and oxygen atoms in total. The number of aromatic nitrogens is 2. The van der Waals surface area contributed by atoms with Crippen LogP contribution in [0.5, 0.6) is 0 Å². The smallest absolute Gasteiger partial charge is 0.145 e. The van der Waals surface area contributed by atoms with Crippen LogP contribution in [0.1, 0.15) is 11.3 Å². The van der Waals surface area contributed by atoms with E-state index in [9.17, 15) is 0 Å². The number of rotatable bonds is 3. The molecule has 0 atom stereocenters. The number of hydrogen-bond acceptors (Lipinski definition) is 4. The summed E-state index contributed by atoms with van der Waals surface area (Å²) < 4.78 is 0.727. The molecule has 0 bridgehead atoms. The zero-order chi connectivity index (χ0) is 11.4. The predicted octanol–water partition coefficient (Wildman–Crippen LogP) is 2.77. The highest BCUT2D eigenvalue weighted by Gasteiger charge is 2.03. The van der Waals surface area contributed by atoms with E-state index in [1.807, 2.05) is 18.2 Å². The summed E-state index contributed by atoms with van der Waals surface area (Å²) in [7, 11) is 0. The average molecular weight is 295 g/mol. The zero-order valence-electron chi connectivity index (χ0n) is 9.44. The van der Waals surface area contributed by atoms with Crippen molar-refractivity contribution in [2.45, 2.75) is 12.8 Å². The second kappa shape index (κ2) is 6.32. The van der Waals surface area contributed by atoms with Crippen molar-refractivity contribution in [1.29, 1.82) is 0 Å². The van der Waals surface area contributed by atoms with Crippen LogP contribution in [0.2, 0.25) is 0 Å². The lowest BCUT2D eigenvalue weighted by atomic mass is 10.1. The van der Waals surface area contributed by atoms with Gasteiger partial charge in [0.25, 0.3) is 0 Å². The van der Waals surface area contributed by atoms with Gasteiger partial charge < -0.3 is 11.9 Å². The van der Waals surface area contributed by atoms with Crippen molar-refractivity contribution in [3.05, 3.63) is 52.4 Å². The molecule has 90 valence electrons. The normalized spacial score (nSPS) is 9.71. The molecule has 0 radical (unpaired) electrons. The second-order valence-corrected chi connectivity index (χ2v) is 4.32. The Hall–Kier alpha value is -1.46. The Balaban J connectivity index is 0.00000144. The average Bonchev–Trinajstić information content (AvgIpc) is 2.32. The Morgan fingerprint density at radius 3 is 2.53 bits per heavy atom. The van der Waals surface area contributed by atoms with Crippen LogP contribution < -0.4 is 11.9 Å². The van der Waals surface area contributed by atoms with Crippen LogP contribution in [0.3, 0.4) is 0 Å². The summed E-state index contributed by atoms with van der Waals surface area (Å²) in [4.78, 5) is 8.38. The number of nitrogen functional groups attached to an aromatic ring is 1. The first-order chi connectivity index (χ1) is 7.75. The van der Waals surface area contributed by atoms with Crippen molar-refractivity contribution in [1.82, 2.24) is 16.1 Å². The molecule has 0 saturated heterocycles. The Labute approximate surface area is 109 Å². The summed E-state index contributed by atoms with van der Waals surface area (Å²) in [5, 5.41) is 0. The third kappa shape index (κ3) is 3.80. The van der Waals surface area contributed by atoms with Crippen LogP contribution in [-0.2, 0) is 12.8 Å². The third-order valence-corrected chi connectivity index (χ3v) is 2.72. The highest BCUT2D eigenvalue weighted by molar-refractivity contribution is 9.10. The summed E-state index contributed by atoms with van der Waals surface area (Å²) in [5.41, 5.74) is 7.89. The van der Waals surface area contributed by atoms with Crippen LogP contribution in [0.15, 0.2) is 41.1 Å². The summed E-state index contributed by atoms with van der Waals surface area (Å²) in [5.74, 6) is 0.513. The lowest BCUT2D eigenvalue weighted by Crippen LogP contribution is -2.03. The van der Waals surface area contributed by atoms with Crippen molar-refractivity contribution in [3.8, 4) is 0 Å². The molecule has 5 heteroatoms. The van der Waals surface area contributed by atoms with Gasteiger partial charge >= 0.3 is 0 Å². The van der Waals surface area contributed by atoms with Crippen molar-refractivity contribution >= 4 is 21.7 Å². The van der Waals surface area contributed by atoms with Gasteiger partial charge in [-0.1, -0.05) is 30.3 Å². The molecule has 0 fully saturated rings. The maximum Gasteiger partial charge on any atom is 0.145 e. The number of nitrogens with zero attached hydrogens (tertiary/aromatic N) is 2. The van der Waals surface area contributed by atoms with Crippen LogP contribution in [-0.4, -0.2) is 9.97 Å². The minimum atomic E-state index is 0. The quantitative estimate of drug-likeness (QED) is 0.911. The molecule has 2 aromatic rings. The van der Waals surface area contributed by atoms with E-state index in [1.165, 1.54) is 5.56 Å². The standard InChI is InChI=1S/C12H12BrN3.H3N/c13-11-8-15-12(14)10(16-11)7-6-9-4-2-1-3-5-9;/h1-5,8H,6-7H2,(H2,14,15);1H3. The number of nitrogens with two attached hydrogens (primary N) is 1. The minimum Gasteiger partial charge on any atom is -0.382 e. The highest BCUT2D eigenvalue weighted by atomic mass is 79.9. The topological polar surface area (TPSA) is 86.8 Å². The Morgan fingerprint density at radius 1 is 1.12 bits per heavy atom. The van der Waals surface area contributed by atoms with Gasteiger partial charge in [0.2, 0.25) is 0 Å². The Bertz CT molecular complexity index is 473. The van der Waals surface area contributed by atoms with Crippen LogP contribution in [0, 0.1) is 0 Å². The molecule has 0 amide bonds. The van der Waals surface area contributed by atoms with Gasteiger partial charge in [0.15, 0.2) is 0 Å². The minimum absolute atomic E-state index is 0. The van der Waals surface area contributed by atoms with E-state index < -0.39 is 0 Å².